The highest BCUT2D eigenvalue weighted by atomic mass is 32.2. The van der Waals surface area contributed by atoms with E-state index in [1.165, 1.54) is 29.6 Å². The zero-order valence-electron chi connectivity index (χ0n) is 18.1. The van der Waals surface area contributed by atoms with Crippen LogP contribution in [0.5, 0.6) is 5.75 Å². The molecule has 1 N–H and O–H groups in total. The first-order chi connectivity index (χ1) is 14.6. The molecule has 0 bridgehead atoms. The van der Waals surface area contributed by atoms with Gasteiger partial charge in [-0.25, -0.2) is 12.8 Å². The number of piperidine rings is 1. The van der Waals surface area contributed by atoms with Gasteiger partial charge in [-0.2, -0.15) is 4.31 Å². The summed E-state index contributed by atoms with van der Waals surface area (Å²) in [5, 5.41) is 2.90. The van der Waals surface area contributed by atoms with Crippen LogP contribution >= 0.6 is 0 Å². The molecule has 1 unspecified atom stereocenters. The van der Waals surface area contributed by atoms with Gasteiger partial charge in [0.2, 0.25) is 15.9 Å². The summed E-state index contributed by atoms with van der Waals surface area (Å²) in [7, 11) is -2.18. The average Bonchev–Trinajstić information content (AvgIpc) is 2.78. The van der Waals surface area contributed by atoms with Crippen LogP contribution in [0.2, 0.25) is 0 Å². The van der Waals surface area contributed by atoms with Crippen LogP contribution in [-0.2, 0) is 20.2 Å². The van der Waals surface area contributed by atoms with Gasteiger partial charge in [0.25, 0.3) is 0 Å². The fraction of sp³-hybridized carbons (Fsp3) is 0.435. The molecular formula is C23H29FN2O4S. The third-order valence-corrected chi connectivity index (χ3v) is 7.64. The molecule has 1 amide bonds. The van der Waals surface area contributed by atoms with Crippen molar-refractivity contribution in [3.05, 3.63) is 59.9 Å². The van der Waals surface area contributed by atoms with Gasteiger partial charge in [0.1, 0.15) is 11.6 Å². The summed E-state index contributed by atoms with van der Waals surface area (Å²) in [4.78, 5) is 13.0. The number of sulfonamides is 1. The third-order valence-electron chi connectivity index (χ3n) is 5.76. The molecule has 1 saturated heterocycles. The summed E-state index contributed by atoms with van der Waals surface area (Å²) < 4.78 is 46.6. The van der Waals surface area contributed by atoms with E-state index in [4.69, 9.17) is 4.74 Å². The van der Waals surface area contributed by atoms with Gasteiger partial charge < -0.3 is 10.1 Å². The summed E-state index contributed by atoms with van der Waals surface area (Å²) in [6.45, 7) is 4.49. The molecule has 0 radical (unpaired) electrons. The van der Waals surface area contributed by atoms with E-state index in [1.54, 1.807) is 30.3 Å². The van der Waals surface area contributed by atoms with Crippen LogP contribution in [0.25, 0.3) is 0 Å². The van der Waals surface area contributed by atoms with Crippen molar-refractivity contribution in [3.63, 3.8) is 0 Å². The number of nitrogens with zero attached hydrogens (tertiary/aromatic N) is 1. The second kappa shape index (κ2) is 9.36. The first-order valence-electron chi connectivity index (χ1n) is 10.3. The maximum absolute atomic E-state index is 14.2. The van der Waals surface area contributed by atoms with Gasteiger partial charge in [-0.1, -0.05) is 32.0 Å². The van der Waals surface area contributed by atoms with Gasteiger partial charge in [-0.3, -0.25) is 4.79 Å². The van der Waals surface area contributed by atoms with E-state index >= 15 is 0 Å². The number of ether oxygens (including phenoxy) is 1. The summed E-state index contributed by atoms with van der Waals surface area (Å²) in [5.41, 5.74) is -0.0625. The van der Waals surface area contributed by atoms with Crippen LogP contribution in [0.15, 0.2) is 53.4 Å². The van der Waals surface area contributed by atoms with E-state index in [0.29, 0.717) is 30.7 Å². The van der Waals surface area contributed by atoms with Crippen LogP contribution in [-0.4, -0.2) is 45.4 Å². The van der Waals surface area contributed by atoms with E-state index in [2.05, 4.69) is 5.32 Å². The van der Waals surface area contributed by atoms with Crippen molar-refractivity contribution in [2.45, 2.75) is 37.0 Å². The largest absolute Gasteiger partial charge is 0.497 e. The van der Waals surface area contributed by atoms with Gasteiger partial charge >= 0.3 is 0 Å². The van der Waals surface area contributed by atoms with E-state index in [-0.39, 0.29) is 29.7 Å². The highest BCUT2D eigenvalue weighted by molar-refractivity contribution is 7.89. The van der Waals surface area contributed by atoms with Gasteiger partial charge in [0.05, 0.1) is 17.9 Å². The number of amides is 1. The smallest absolute Gasteiger partial charge is 0.243 e. The molecule has 2 aromatic carbocycles. The summed E-state index contributed by atoms with van der Waals surface area (Å²) in [6.07, 6.45) is 1.21. The van der Waals surface area contributed by atoms with Crippen molar-refractivity contribution in [1.29, 1.82) is 0 Å². The molecule has 1 aliphatic heterocycles. The zero-order valence-corrected chi connectivity index (χ0v) is 18.9. The van der Waals surface area contributed by atoms with Crippen molar-refractivity contribution < 1.29 is 22.3 Å². The molecule has 0 aliphatic carbocycles. The molecule has 0 spiro atoms. The predicted octanol–water partition coefficient (Wildman–Crippen LogP) is 3.33. The Morgan fingerprint density at radius 2 is 1.87 bits per heavy atom. The lowest BCUT2D eigenvalue weighted by molar-refractivity contribution is -0.126. The normalized spacial score (nSPS) is 17.9. The number of methoxy groups -OCH3 is 1. The van der Waals surface area contributed by atoms with E-state index < -0.39 is 21.4 Å². The molecule has 168 valence electrons. The van der Waals surface area contributed by atoms with Gasteiger partial charge in [0, 0.05) is 25.0 Å². The number of carbonyl (C=O) groups is 1. The molecule has 1 atom stereocenters. The van der Waals surface area contributed by atoms with E-state index in [9.17, 15) is 17.6 Å². The average molecular weight is 449 g/mol. The Kier molecular flexibility index (Phi) is 7.01. The first-order valence-corrected chi connectivity index (χ1v) is 11.8. The second-order valence-electron chi connectivity index (χ2n) is 8.46. The number of halogens is 1. The highest BCUT2D eigenvalue weighted by Gasteiger charge is 2.34. The van der Waals surface area contributed by atoms with E-state index in [0.717, 1.165) is 0 Å². The minimum atomic E-state index is -3.70. The van der Waals surface area contributed by atoms with Gasteiger partial charge in [-0.05, 0) is 48.7 Å². The predicted molar refractivity (Wildman–Crippen MR) is 117 cm³/mol. The monoisotopic (exact) mass is 448 g/mol. The minimum Gasteiger partial charge on any atom is -0.497 e. The lowest BCUT2D eigenvalue weighted by Gasteiger charge is -2.32. The van der Waals surface area contributed by atoms with Crippen LogP contribution in [0.1, 0.15) is 32.3 Å². The maximum atomic E-state index is 14.2. The SMILES string of the molecule is COc1ccc(S(=O)(=O)N2CCCC(C(=O)NCC(C)(C)c3ccccc3F)C2)cc1. The molecule has 31 heavy (non-hydrogen) atoms. The van der Waals surface area contributed by atoms with Crippen molar-refractivity contribution in [3.8, 4) is 5.75 Å². The molecular weight excluding hydrogens is 419 g/mol. The molecule has 0 saturated carbocycles. The minimum absolute atomic E-state index is 0.125. The zero-order chi connectivity index (χ0) is 22.6. The number of carbonyl (C=O) groups excluding carboxylic acids is 1. The first kappa shape index (κ1) is 23.2. The lowest BCUT2D eigenvalue weighted by atomic mass is 9.84. The molecule has 3 rings (SSSR count). The Labute approximate surface area is 183 Å². The fourth-order valence-corrected chi connectivity index (χ4v) is 5.35. The quantitative estimate of drug-likeness (QED) is 0.705. The van der Waals surface area contributed by atoms with Gasteiger partial charge in [-0.15, -0.1) is 0 Å². The topological polar surface area (TPSA) is 75.7 Å². The molecule has 0 aromatic heterocycles. The fourth-order valence-electron chi connectivity index (χ4n) is 3.83. The van der Waals surface area contributed by atoms with Crippen molar-refractivity contribution in [2.24, 2.45) is 5.92 Å². The highest BCUT2D eigenvalue weighted by Crippen LogP contribution is 2.27. The van der Waals surface area contributed by atoms with Crippen molar-refractivity contribution in [2.75, 3.05) is 26.7 Å². The molecule has 6 nitrogen and oxygen atoms in total. The molecule has 1 aliphatic rings. The lowest BCUT2D eigenvalue weighted by Crippen LogP contribution is -2.47. The molecule has 1 fully saturated rings. The van der Waals surface area contributed by atoms with Crippen LogP contribution in [0, 0.1) is 11.7 Å². The molecule has 1 heterocycles. The van der Waals surface area contributed by atoms with Crippen LogP contribution < -0.4 is 10.1 Å². The van der Waals surface area contributed by atoms with E-state index in [1.807, 2.05) is 13.8 Å². The standard InChI is InChI=1S/C23H29FN2O4S/c1-23(2,20-8-4-5-9-21(20)24)16-25-22(27)17-7-6-14-26(15-17)31(28,29)19-12-10-18(30-3)11-13-19/h4-5,8-13,17H,6-7,14-16H2,1-3H3,(H,25,27). The second-order valence-corrected chi connectivity index (χ2v) is 10.4. The van der Waals surface area contributed by atoms with Gasteiger partial charge in [0.15, 0.2) is 0 Å². The van der Waals surface area contributed by atoms with Crippen LogP contribution in [0.3, 0.4) is 0 Å². The molecule has 2 aromatic rings. The van der Waals surface area contributed by atoms with Crippen molar-refractivity contribution >= 4 is 15.9 Å². The Hall–Kier alpha value is -2.45. The summed E-state index contributed by atoms with van der Waals surface area (Å²) in [5.74, 6) is -0.388. The number of hydrogen-bond donors (Lipinski definition) is 1. The molecule has 8 heteroatoms. The number of hydrogen-bond acceptors (Lipinski definition) is 4. The van der Waals surface area contributed by atoms with Crippen LogP contribution in [0.4, 0.5) is 4.39 Å². The number of nitrogens with one attached hydrogen (secondary N) is 1. The Bertz CT molecular complexity index is 1020. The summed E-state index contributed by atoms with van der Waals surface area (Å²) >= 11 is 0. The Balaban J connectivity index is 1.65. The summed E-state index contributed by atoms with van der Waals surface area (Å²) in [6, 6.07) is 12.7. The maximum Gasteiger partial charge on any atom is 0.243 e. The Morgan fingerprint density at radius 1 is 1.19 bits per heavy atom. The number of benzene rings is 2. The van der Waals surface area contributed by atoms with Crippen molar-refractivity contribution in [1.82, 2.24) is 9.62 Å². The number of rotatable bonds is 7. The Morgan fingerprint density at radius 3 is 2.52 bits per heavy atom. The third kappa shape index (κ3) is 5.25.